The number of aliphatic hydroxyl groups is 3. The van der Waals surface area contributed by atoms with Crippen molar-refractivity contribution in [2.75, 3.05) is 33.1 Å². The van der Waals surface area contributed by atoms with Crippen LogP contribution in [0.15, 0.2) is 51.7 Å². The Balaban J connectivity index is 1.57. The van der Waals surface area contributed by atoms with Crippen LogP contribution < -0.4 is 20.7 Å². The molecule has 2 amide bonds. The molecule has 45 heavy (non-hydrogen) atoms. The first kappa shape index (κ1) is 32.0. The highest BCUT2D eigenvalue weighted by molar-refractivity contribution is 9.10. The third-order valence-corrected chi connectivity index (χ3v) is 9.23. The average molecular weight is 686 g/mol. The van der Waals surface area contributed by atoms with E-state index in [1.165, 1.54) is 4.90 Å². The van der Waals surface area contributed by atoms with Gasteiger partial charge in [-0.3, -0.25) is 19.3 Å². The average Bonchev–Trinajstić information content (AvgIpc) is 2.95. The number of aromatic hydroxyl groups is 1. The number of likely N-dealkylation sites (N-methyl/N-ethyl adjacent to an activating group) is 1. The zero-order chi connectivity index (χ0) is 33.1. The molecule has 0 bridgehead atoms. The lowest BCUT2D eigenvalue weighted by Crippen LogP contribution is -2.65. The minimum atomic E-state index is -2.74. The quantitative estimate of drug-likeness (QED) is 0.243. The van der Waals surface area contributed by atoms with Crippen molar-refractivity contribution in [2.24, 2.45) is 17.6 Å². The SMILES string of the molecule is CN(C)c1cc(CNC(=O)Oc2ccc(Br)cc2)c(O)c2c1CC1CC3C(N(C)C)C(=O)C(C(N)=O)=C(O)C3(O)C(=O)C1=C2O. The van der Waals surface area contributed by atoms with Crippen molar-refractivity contribution in [3.63, 3.8) is 0 Å². The number of aliphatic hydroxyl groups excluding tert-OH is 2. The second-order valence-electron chi connectivity index (χ2n) is 11.8. The van der Waals surface area contributed by atoms with Crippen LogP contribution in [0, 0.1) is 11.8 Å². The molecular weight excluding hydrogens is 652 g/mol. The monoisotopic (exact) mass is 684 g/mol. The number of ketones is 2. The predicted molar refractivity (Wildman–Crippen MR) is 166 cm³/mol. The van der Waals surface area contributed by atoms with E-state index in [1.807, 2.05) is 0 Å². The number of fused-ring (bicyclic) bond motifs is 3. The van der Waals surface area contributed by atoms with Crippen molar-refractivity contribution >= 4 is 50.9 Å². The maximum atomic E-state index is 14.1. The van der Waals surface area contributed by atoms with Gasteiger partial charge in [-0.1, -0.05) is 15.9 Å². The second-order valence-corrected chi connectivity index (χ2v) is 12.7. The standard InChI is InChI=1S/C31H33BrN4O9/c1-35(2)19-11-14(12-34-30(43)45-16-7-5-15(32)6-8-16)24(37)21-17(19)9-13-10-18-23(36(3)4)26(39)22(29(33)42)28(41)31(18,44)27(40)20(13)25(21)38/h5-8,11,13,18,23,37-38,41,44H,9-10,12H2,1-4H3,(H2,33,42)(H,34,43). The van der Waals surface area contributed by atoms with Gasteiger partial charge in [0.25, 0.3) is 5.91 Å². The van der Waals surface area contributed by atoms with Gasteiger partial charge in [-0.2, -0.15) is 0 Å². The van der Waals surface area contributed by atoms with Crippen molar-refractivity contribution in [2.45, 2.75) is 31.0 Å². The van der Waals surface area contributed by atoms with Crippen LogP contribution in [0.5, 0.6) is 11.5 Å². The minimum Gasteiger partial charge on any atom is -0.508 e. The van der Waals surface area contributed by atoms with E-state index in [-0.39, 0.29) is 41.8 Å². The van der Waals surface area contributed by atoms with Gasteiger partial charge in [-0.15, -0.1) is 0 Å². The molecule has 0 heterocycles. The fourth-order valence-corrected chi connectivity index (χ4v) is 6.96. The Kier molecular flexibility index (Phi) is 8.19. The first-order valence-electron chi connectivity index (χ1n) is 14.0. The van der Waals surface area contributed by atoms with Gasteiger partial charge in [0.2, 0.25) is 5.78 Å². The second kappa shape index (κ2) is 11.5. The molecule has 13 nitrogen and oxygen atoms in total. The maximum absolute atomic E-state index is 14.1. The lowest BCUT2D eigenvalue weighted by Gasteiger charge is -2.50. The van der Waals surface area contributed by atoms with E-state index < -0.39 is 69.9 Å². The van der Waals surface area contributed by atoms with Crippen LogP contribution >= 0.6 is 15.9 Å². The van der Waals surface area contributed by atoms with Crippen LogP contribution in [0.25, 0.3) is 5.76 Å². The summed E-state index contributed by atoms with van der Waals surface area (Å²) in [7, 11) is 6.59. The number of carbonyl (C=O) groups is 4. The van der Waals surface area contributed by atoms with Crippen molar-refractivity contribution in [3.05, 3.63) is 68.4 Å². The zero-order valence-corrected chi connectivity index (χ0v) is 26.5. The Hall–Kier alpha value is -4.40. The number of primary amides is 1. The van der Waals surface area contributed by atoms with Gasteiger partial charge in [0.1, 0.15) is 28.6 Å². The molecule has 0 aliphatic heterocycles. The van der Waals surface area contributed by atoms with Gasteiger partial charge in [-0.25, -0.2) is 4.79 Å². The minimum absolute atomic E-state index is 0.0232. The number of hydrogen-bond donors (Lipinski definition) is 6. The fourth-order valence-electron chi connectivity index (χ4n) is 6.69. The molecule has 2 aromatic carbocycles. The van der Waals surface area contributed by atoms with E-state index in [0.717, 1.165) is 4.47 Å². The Labute approximate surface area is 266 Å². The van der Waals surface area contributed by atoms with Crippen molar-refractivity contribution in [3.8, 4) is 11.5 Å². The van der Waals surface area contributed by atoms with Crippen LogP contribution in [0.2, 0.25) is 0 Å². The molecule has 0 saturated heterocycles. The maximum Gasteiger partial charge on any atom is 0.412 e. The van der Waals surface area contributed by atoms with Crippen molar-refractivity contribution in [1.82, 2.24) is 10.2 Å². The Bertz CT molecular complexity index is 1700. The molecule has 5 rings (SSSR count). The fraction of sp³-hybridized carbons (Fsp3) is 0.355. The number of carbonyl (C=O) groups excluding carboxylic acids is 4. The summed E-state index contributed by atoms with van der Waals surface area (Å²) >= 11 is 3.31. The van der Waals surface area contributed by atoms with Crippen molar-refractivity contribution < 1.29 is 44.3 Å². The summed E-state index contributed by atoms with van der Waals surface area (Å²) in [6, 6.07) is 7.06. The molecule has 1 saturated carbocycles. The van der Waals surface area contributed by atoms with Crippen LogP contribution in [0.4, 0.5) is 10.5 Å². The number of halogens is 1. The number of nitrogens with zero attached hydrogens (tertiary/aromatic N) is 2. The first-order valence-corrected chi connectivity index (χ1v) is 14.8. The molecule has 3 aliphatic carbocycles. The van der Waals surface area contributed by atoms with Gasteiger partial charge in [0.05, 0.1) is 11.6 Å². The zero-order valence-electron chi connectivity index (χ0n) is 24.9. The van der Waals surface area contributed by atoms with Crippen LogP contribution in [0.3, 0.4) is 0 Å². The molecule has 7 N–H and O–H groups in total. The summed E-state index contributed by atoms with van der Waals surface area (Å²) in [6.07, 6.45) is -0.687. The highest BCUT2D eigenvalue weighted by atomic mass is 79.9. The molecule has 2 aromatic rings. The van der Waals surface area contributed by atoms with Gasteiger partial charge < -0.3 is 41.1 Å². The van der Waals surface area contributed by atoms with Gasteiger partial charge in [-0.05, 0) is 68.8 Å². The topological polar surface area (TPSA) is 203 Å². The van der Waals surface area contributed by atoms with Crippen LogP contribution in [-0.2, 0) is 27.3 Å². The van der Waals surface area contributed by atoms with Crippen LogP contribution in [-0.4, -0.2) is 88.7 Å². The number of Topliss-reactive ketones (excluding diaryl/α,β-unsaturated/α-hetero) is 2. The molecule has 3 aliphatic rings. The van der Waals surface area contributed by atoms with E-state index in [9.17, 15) is 39.6 Å². The van der Waals surface area contributed by atoms with E-state index in [4.69, 9.17) is 10.5 Å². The molecule has 4 unspecified atom stereocenters. The number of nitrogens with one attached hydrogen (secondary N) is 1. The lowest BCUT2D eigenvalue weighted by atomic mass is 9.57. The summed E-state index contributed by atoms with van der Waals surface area (Å²) in [5, 5.41) is 48.4. The van der Waals surface area contributed by atoms with Gasteiger partial charge in [0, 0.05) is 47.9 Å². The number of ether oxygens (including phenoxy) is 1. The number of phenols is 1. The molecule has 4 atom stereocenters. The number of amides is 2. The van der Waals surface area contributed by atoms with E-state index >= 15 is 0 Å². The summed E-state index contributed by atoms with van der Waals surface area (Å²) in [4.78, 5) is 55.3. The summed E-state index contributed by atoms with van der Waals surface area (Å²) < 4.78 is 6.08. The molecule has 14 heteroatoms. The third-order valence-electron chi connectivity index (χ3n) is 8.71. The normalized spacial score (nSPS) is 24.2. The Morgan fingerprint density at radius 1 is 1.11 bits per heavy atom. The number of benzene rings is 2. The summed E-state index contributed by atoms with van der Waals surface area (Å²) in [6.45, 7) is -0.209. The number of rotatable bonds is 6. The van der Waals surface area contributed by atoms with Gasteiger partial charge in [0.15, 0.2) is 11.4 Å². The molecule has 1 fully saturated rings. The molecule has 0 radical (unpaired) electrons. The summed E-state index contributed by atoms with van der Waals surface area (Å²) in [5.74, 6) is -7.00. The van der Waals surface area contributed by atoms with E-state index in [0.29, 0.717) is 11.3 Å². The highest BCUT2D eigenvalue weighted by Crippen LogP contribution is 2.54. The smallest absolute Gasteiger partial charge is 0.412 e. The highest BCUT2D eigenvalue weighted by Gasteiger charge is 2.64. The third kappa shape index (κ3) is 5.12. The first-order chi connectivity index (χ1) is 21.1. The predicted octanol–water partition coefficient (Wildman–Crippen LogP) is 2.08. The number of nitrogens with two attached hydrogens (primary N) is 1. The van der Waals surface area contributed by atoms with E-state index in [1.54, 1.807) is 63.4 Å². The van der Waals surface area contributed by atoms with Gasteiger partial charge >= 0.3 is 6.09 Å². The van der Waals surface area contributed by atoms with Crippen molar-refractivity contribution in [1.29, 1.82) is 0 Å². The van der Waals surface area contributed by atoms with Crippen LogP contribution in [0.1, 0.15) is 23.1 Å². The lowest BCUT2D eigenvalue weighted by molar-refractivity contribution is -0.153. The molecule has 0 spiro atoms. The summed E-state index contributed by atoms with van der Waals surface area (Å²) in [5.41, 5.74) is 2.72. The number of anilines is 1. The Morgan fingerprint density at radius 3 is 2.33 bits per heavy atom. The Morgan fingerprint density at radius 2 is 1.76 bits per heavy atom. The molecular formula is C31H33BrN4O9. The molecule has 0 aromatic heterocycles. The number of phenolic OH excluding ortho intramolecular Hbond substituents is 1. The van der Waals surface area contributed by atoms with E-state index in [2.05, 4.69) is 21.2 Å². The number of hydrogen-bond acceptors (Lipinski definition) is 11. The largest absolute Gasteiger partial charge is 0.508 e. The molecule has 238 valence electrons.